The fraction of sp³-hybridized carbons (Fsp3) is 0.290. The van der Waals surface area contributed by atoms with Gasteiger partial charge in [0.25, 0.3) is 5.92 Å². The van der Waals surface area contributed by atoms with Gasteiger partial charge in [0.15, 0.2) is 5.76 Å². The Morgan fingerprint density at radius 2 is 1.54 bits per heavy atom. The van der Waals surface area contributed by atoms with Crippen LogP contribution in [0.5, 0.6) is 0 Å². The zero-order valence-electron chi connectivity index (χ0n) is 20.7. The van der Waals surface area contributed by atoms with Crippen molar-refractivity contribution >= 4 is 5.97 Å². The summed E-state index contributed by atoms with van der Waals surface area (Å²) in [6, 6.07) is 24.9. The first kappa shape index (κ1) is 24.9. The fourth-order valence-corrected chi connectivity index (χ4v) is 4.98. The van der Waals surface area contributed by atoms with Crippen LogP contribution in [0.3, 0.4) is 0 Å². The van der Waals surface area contributed by atoms with E-state index in [1.807, 2.05) is 78.9 Å². The number of carboxylic acid groups (broad SMARTS) is 1. The molecule has 37 heavy (non-hydrogen) atoms. The zero-order valence-corrected chi connectivity index (χ0v) is 20.7. The summed E-state index contributed by atoms with van der Waals surface area (Å²) in [5.74, 6) is -3.28. The van der Waals surface area contributed by atoms with Crippen molar-refractivity contribution in [2.75, 3.05) is 0 Å². The molecule has 3 aromatic carbocycles. The van der Waals surface area contributed by atoms with Gasteiger partial charge in [0.2, 0.25) is 0 Å². The molecule has 0 unspecified atom stereocenters. The van der Waals surface area contributed by atoms with Crippen LogP contribution in [0.1, 0.15) is 48.1 Å². The highest BCUT2D eigenvalue weighted by Gasteiger charge is 2.45. The van der Waals surface area contributed by atoms with Crippen LogP contribution in [0.25, 0.3) is 22.5 Å². The standard InChI is InChI=1S/C31H29F2NO3/c1-21-27(19-31(32,33)16-15-22-5-3-2-4-6-22)29(37-34-21)25-9-7-23(8-10-25)24-11-13-26(14-12-24)30(17-18-30)20-28(35)36/h2-14H,15-20H2,1H3,(H,35,36). The lowest BCUT2D eigenvalue weighted by atomic mass is 9.90. The van der Waals surface area contributed by atoms with Crippen molar-refractivity contribution in [3.63, 3.8) is 0 Å². The first-order valence-corrected chi connectivity index (χ1v) is 12.5. The van der Waals surface area contributed by atoms with Crippen LogP contribution in [0.15, 0.2) is 83.4 Å². The van der Waals surface area contributed by atoms with Gasteiger partial charge in [0.1, 0.15) is 0 Å². The third-order valence-corrected chi connectivity index (χ3v) is 7.36. The lowest BCUT2D eigenvalue weighted by Gasteiger charge is -2.16. The van der Waals surface area contributed by atoms with E-state index < -0.39 is 18.3 Å². The van der Waals surface area contributed by atoms with Gasteiger partial charge in [-0.25, -0.2) is 8.78 Å². The van der Waals surface area contributed by atoms with Crippen molar-refractivity contribution in [3.8, 4) is 22.5 Å². The molecule has 0 aliphatic heterocycles. The number of nitrogens with zero attached hydrogens (tertiary/aromatic N) is 1. The van der Waals surface area contributed by atoms with E-state index in [1.165, 1.54) is 0 Å². The molecule has 4 aromatic rings. The highest BCUT2D eigenvalue weighted by molar-refractivity contribution is 5.72. The second kappa shape index (κ2) is 9.92. The molecule has 1 N–H and O–H groups in total. The molecule has 1 aliphatic rings. The summed E-state index contributed by atoms with van der Waals surface area (Å²) in [6.07, 6.45) is 1.59. The van der Waals surface area contributed by atoms with Gasteiger partial charge >= 0.3 is 5.97 Å². The normalized spacial score (nSPS) is 14.5. The van der Waals surface area contributed by atoms with Gasteiger partial charge in [-0.15, -0.1) is 0 Å². The monoisotopic (exact) mass is 501 g/mol. The predicted molar refractivity (Wildman–Crippen MR) is 139 cm³/mol. The Balaban J connectivity index is 1.30. The van der Waals surface area contributed by atoms with E-state index in [0.717, 1.165) is 35.1 Å². The molecule has 0 amide bonds. The van der Waals surface area contributed by atoms with Gasteiger partial charge in [-0.2, -0.15) is 0 Å². The van der Waals surface area contributed by atoms with Crippen LogP contribution in [-0.2, 0) is 23.1 Å². The number of benzene rings is 3. The third kappa shape index (κ3) is 5.63. The van der Waals surface area contributed by atoms with Crippen LogP contribution >= 0.6 is 0 Å². The average molecular weight is 502 g/mol. The molecule has 1 saturated carbocycles. The molecular formula is C31H29F2NO3. The number of aromatic nitrogens is 1. The number of hydrogen-bond acceptors (Lipinski definition) is 3. The number of aliphatic carboxylic acids is 1. The molecule has 0 saturated heterocycles. The maximum atomic E-state index is 14.9. The smallest absolute Gasteiger partial charge is 0.304 e. The van der Waals surface area contributed by atoms with Crippen LogP contribution in [0, 0.1) is 6.92 Å². The molecule has 0 spiro atoms. The average Bonchev–Trinajstić information content (AvgIpc) is 3.59. The summed E-state index contributed by atoms with van der Waals surface area (Å²) in [5, 5.41) is 13.2. The predicted octanol–water partition coefficient (Wildman–Crippen LogP) is 7.63. The highest BCUT2D eigenvalue weighted by Crippen LogP contribution is 2.51. The van der Waals surface area contributed by atoms with E-state index in [9.17, 15) is 18.7 Å². The van der Waals surface area contributed by atoms with Gasteiger partial charge in [-0.05, 0) is 48.4 Å². The van der Waals surface area contributed by atoms with Crippen molar-refractivity contribution in [1.29, 1.82) is 0 Å². The van der Waals surface area contributed by atoms with E-state index >= 15 is 0 Å². The Kier molecular flexibility index (Phi) is 6.67. The number of carboxylic acids is 1. The molecule has 6 heteroatoms. The summed E-state index contributed by atoms with van der Waals surface area (Å²) >= 11 is 0. The van der Waals surface area contributed by atoms with Crippen LogP contribution < -0.4 is 0 Å². The van der Waals surface area contributed by atoms with Gasteiger partial charge in [-0.3, -0.25) is 4.79 Å². The van der Waals surface area contributed by atoms with Crippen molar-refractivity contribution in [1.82, 2.24) is 5.16 Å². The number of alkyl halides is 2. The minimum atomic E-state index is -2.89. The summed E-state index contributed by atoms with van der Waals surface area (Å²) in [7, 11) is 0. The molecule has 5 rings (SSSR count). The zero-order chi connectivity index (χ0) is 26.0. The van der Waals surface area contributed by atoms with Gasteiger partial charge in [-0.1, -0.05) is 84.0 Å². The van der Waals surface area contributed by atoms with E-state index in [4.69, 9.17) is 4.52 Å². The number of rotatable bonds is 10. The van der Waals surface area contributed by atoms with Crippen LogP contribution in [0.2, 0.25) is 0 Å². The highest BCUT2D eigenvalue weighted by atomic mass is 19.3. The maximum Gasteiger partial charge on any atom is 0.304 e. The quantitative estimate of drug-likeness (QED) is 0.243. The lowest BCUT2D eigenvalue weighted by molar-refractivity contribution is -0.137. The number of halogens is 2. The topological polar surface area (TPSA) is 63.3 Å². The number of hydrogen-bond donors (Lipinski definition) is 1. The number of carbonyl (C=O) groups is 1. The second-order valence-electron chi connectivity index (χ2n) is 10.1. The van der Waals surface area contributed by atoms with Crippen molar-refractivity contribution in [2.45, 2.75) is 56.8 Å². The van der Waals surface area contributed by atoms with Crippen LogP contribution in [-0.4, -0.2) is 22.2 Å². The van der Waals surface area contributed by atoms with E-state index in [-0.39, 0.29) is 18.3 Å². The molecule has 0 atom stereocenters. The summed E-state index contributed by atoms with van der Waals surface area (Å²) < 4.78 is 35.3. The Morgan fingerprint density at radius 1 is 0.946 bits per heavy atom. The van der Waals surface area contributed by atoms with Crippen molar-refractivity contribution in [2.24, 2.45) is 0 Å². The first-order chi connectivity index (χ1) is 17.7. The molecule has 1 aliphatic carbocycles. The first-order valence-electron chi connectivity index (χ1n) is 12.5. The molecule has 1 heterocycles. The Morgan fingerprint density at radius 3 is 2.14 bits per heavy atom. The Labute approximate surface area is 214 Å². The maximum absolute atomic E-state index is 14.9. The van der Waals surface area contributed by atoms with Crippen LogP contribution in [0.4, 0.5) is 8.78 Å². The largest absolute Gasteiger partial charge is 0.481 e. The van der Waals surface area contributed by atoms with Crippen molar-refractivity contribution in [3.05, 3.63) is 101 Å². The van der Waals surface area contributed by atoms with Gasteiger partial charge in [0.05, 0.1) is 12.1 Å². The molecular weight excluding hydrogens is 472 g/mol. The Hall–Kier alpha value is -3.80. The molecule has 1 aromatic heterocycles. The SMILES string of the molecule is Cc1noc(-c2ccc(-c3ccc(C4(CC(=O)O)CC4)cc3)cc2)c1CC(F)(F)CCc1ccccc1. The van der Waals surface area contributed by atoms with Gasteiger partial charge in [0, 0.05) is 29.4 Å². The minimum Gasteiger partial charge on any atom is -0.481 e. The third-order valence-electron chi connectivity index (χ3n) is 7.36. The fourth-order valence-electron chi connectivity index (χ4n) is 4.98. The molecule has 0 radical (unpaired) electrons. The summed E-state index contributed by atoms with van der Waals surface area (Å²) in [4.78, 5) is 11.2. The second-order valence-corrected chi connectivity index (χ2v) is 10.1. The lowest BCUT2D eigenvalue weighted by Crippen LogP contribution is -2.21. The summed E-state index contributed by atoms with van der Waals surface area (Å²) in [5.41, 5.74) is 5.32. The molecule has 190 valence electrons. The number of aryl methyl sites for hydroxylation is 2. The molecule has 0 bridgehead atoms. The Bertz CT molecular complexity index is 1370. The summed E-state index contributed by atoms with van der Waals surface area (Å²) in [6.45, 7) is 1.70. The molecule has 4 nitrogen and oxygen atoms in total. The van der Waals surface area contributed by atoms with E-state index in [1.54, 1.807) is 6.92 Å². The van der Waals surface area contributed by atoms with Gasteiger partial charge < -0.3 is 9.63 Å². The van der Waals surface area contributed by atoms with E-state index in [2.05, 4.69) is 5.16 Å². The minimum absolute atomic E-state index is 0.158. The molecule has 1 fully saturated rings. The van der Waals surface area contributed by atoms with E-state index in [0.29, 0.717) is 29.0 Å². The van der Waals surface area contributed by atoms with Crippen molar-refractivity contribution < 1.29 is 23.2 Å².